The molecule has 0 aliphatic carbocycles. The first kappa shape index (κ1) is 12.5. The van der Waals surface area contributed by atoms with E-state index in [4.69, 9.17) is 5.73 Å². The first-order chi connectivity index (χ1) is 6.99. The van der Waals surface area contributed by atoms with Gasteiger partial charge in [0.1, 0.15) is 5.75 Å². The number of aliphatic hydroxyl groups excluding tert-OH is 1. The molecule has 4 N–H and O–H groups in total. The Morgan fingerprint density at radius 3 is 2.60 bits per heavy atom. The van der Waals surface area contributed by atoms with Crippen LogP contribution in [0.1, 0.15) is 29.2 Å². The van der Waals surface area contributed by atoms with Crippen molar-refractivity contribution in [2.45, 2.75) is 26.4 Å². The van der Waals surface area contributed by atoms with Crippen LogP contribution in [0.2, 0.25) is 0 Å². The molecule has 0 heterocycles. The Morgan fingerprint density at radius 1 is 1.47 bits per heavy atom. The second-order valence-electron chi connectivity index (χ2n) is 3.66. The molecule has 1 aromatic carbocycles. The molecule has 1 rings (SSSR count). The molecule has 0 bridgehead atoms. The summed E-state index contributed by atoms with van der Waals surface area (Å²) in [5.41, 5.74) is 7.83. The third kappa shape index (κ3) is 2.51. The van der Waals surface area contributed by atoms with Gasteiger partial charge in [0.05, 0.1) is 10.6 Å². The molecule has 0 spiro atoms. The van der Waals surface area contributed by atoms with Gasteiger partial charge in [0, 0.05) is 0 Å². The summed E-state index contributed by atoms with van der Waals surface area (Å²) in [4.78, 5) is 0. The number of nitrogens with two attached hydrogens (primary N) is 1. The highest BCUT2D eigenvalue weighted by molar-refractivity contribution is 9.10. The van der Waals surface area contributed by atoms with Crippen LogP contribution in [0.15, 0.2) is 10.5 Å². The number of benzene rings is 1. The fraction of sp³-hybridized carbons (Fsp3) is 0.455. The van der Waals surface area contributed by atoms with E-state index >= 15 is 0 Å². The maximum atomic E-state index is 9.86. The number of phenols is 1. The lowest BCUT2D eigenvalue weighted by molar-refractivity contribution is 0.169. The van der Waals surface area contributed by atoms with Crippen LogP contribution < -0.4 is 5.73 Å². The van der Waals surface area contributed by atoms with Crippen LogP contribution in [0, 0.1) is 13.8 Å². The lowest BCUT2D eigenvalue weighted by Gasteiger charge is -2.16. The quantitative estimate of drug-likeness (QED) is 0.791. The van der Waals surface area contributed by atoms with Crippen LogP contribution in [0.5, 0.6) is 5.75 Å². The number of hydrogen-bond donors (Lipinski definition) is 3. The number of rotatable bonds is 3. The van der Waals surface area contributed by atoms with Crippen molar-refractivity contribution in [3.63, 3.8) is 0 Å². The van der Waals surface area contributed by atoms with Crippen molar-refractivity contribution < 1.29 is 10.2 Å². The Labute approximate surface area is 98.1 Å². The summed E-state index contributed by atoms with van der Waals surface area (Å²) in [5, 5.41) is 19.5. The summed E-state index contributed by atoms with van der Waals surface area (Å²) in [6, 6.07) is 1.80. The molecule has 0 radical (unpaired) electrons. The molecule has 1 unspecified atom stereocenters. The predicted molar refractivity (Wildman–Crippen MR) is 63.9 cm³/mol. The average Bonchev–Trinajstić information content (AvgIpc) is 2.20. The molecule has 0 fully saturated rings. The zero-order valence-corrected chi connectivity index (χ0v) is 10.5. The molecule has 0 amide bonds. The monoisotopic (exact) mass is 273 g/mol. The zero-order chi connectivity index (χ0) is 11.6. The van der Waals surface area contributed by atoms with E-state index in [0.29, 0.717) is 17.4 Å². The molecule has 0 aliphatic heterocycles. The van der Waals surface area contributed by atoms with Gasteiger partial charge in [-0.1, -0.05) is 0 Å². The second kappa shape index (κ2) is 4.96. The Morgan fingerprint density at radius 2 is 2.07 bits per heavy atom. The topological polar surface area (TPSA) is 66.5 Å². The molecule has 0 saturated carbocycles. The fourth-order valence-electron chi connectivity index (χ4n) is 1.55. The van der Waals surface area contributed by atoms with Crippen LogP contribution in [0.4, 0.5) is 0 Å². The summed E-state index contributed by atoms with van der Waals surface area (Å²) in [6.07, 6.45) is -0.0390. The van der Waals surface area contributed by atoms with Crippen LogP contribution in [-0.4, -0.2) is 16.8 Å². The lowest BCUT2D eigenvalue weighted by atomic mass is 9.98. The van der Waals surface area contributed by atoms with Crippen molar-refractivity contribution in [3.05, 3.63) is 27.2 Å². The summed E-state index contributed by atoms with van der Waals surface area (Å²) < 4.78 is 0.647. The maximum absolute atomic E-state index is 9.86. The molecular weight excluding hydrogens is 258 g/mol. The van der Waals surface area contributed by atoms with Crippen molar-refractivity contribution in [2.75, 3.05) is 6.54 Å². The molecule has 84 valence electrons. The van der Waals surface area contributed by atoms with Crippen molar-refractivity contribution in [2.24, 2.45) is 5.73 Å². The Bertz CT molecular complexity index is 366. The van der Waals surface area contributed by atoms with Crippen LogP contribution in [0.25, 0.3) is 0 Å². The molecule has 0 aromatic heterocycles. The largest absolute Gasteiger partial charge is 0.506 e. The van der Waals surface area contributed by atoms with Gasteiger partial charge in [0.15, 0.2) is 0 Å². The molecule has 3 nitrogen and oxygen atoms in total. The molecule has 1 atom stereocenters. The van der Waals surface area contributed by atoms with Crippen LogP contribution in [-0.2, 0) is 0 Å². The van der Waals surface area contributed by atoms with Crippen molar-refractivity contribution in [1.29, 1.82) is 0 Å². The van der Waals surface area contributed by atoms with E-state index in [9.17, 15) is 10.2 Å². The fourth-order valence-corrected chi connectivity index (χ4v) is 2.09. The smallest absolute Gasteiger partial charge is 0.132 e. The van der Waals surface area contributed by atoms with Gasteiger partial charge in [-0.05, 0) is 65.5 Å². The van der Waals surface area contributed by atoms with E-state index < -0.39 is 6.10 Å². The number of aryl methyl sites for hydroxylation is 1. The van der Waals surface area contributed by atoms with E-state index in [1.807, 2.05) is 6.92 Å². The molecule has 15 heavy (non-hydrogen) atoms. The summed E-state index contributed by atoms with van der Waals surface area (Å²) in [6.45, 7) is 4.11. The number of phenolic OH excluding ortho intramolecular Hbond substituents is 1. The molecular formula is C11H16BrNO2. The summed E-state index contributed by atoms with van der Waals surface area (Å²) in [7, 11) is 0. The highest BCUT2D eigenvalue weighted by Crippen LogP contribution is 2.35. The Kier molecular flexibility index (Phi) is 4.13. The summed E-state index contributed by atoms with van der Waals surface area (Å²) >= 11 is 3.31. The third-order valence-electron chi connectivity index (χ3n) is 2.51. The Hall–Kier alpha value is -0.580. The lowest BCUT2D eigenvalue weighted by Crippen LogP contribution is -2.08. The van der Waals surface area contributed by atoms with E-state index in [-0.39, 0.29) is 5.75 Å². The van der Waals surface area contributed by atoms with Crippen molar-refractivity contribution in [3.8, 4) is 5.75 Å². The average molecular weight is 274 g/mol. The minimum Gasteiger partial charge on any atom is -0.506 e. The van der Waals surface area contributed by atoms with Gasteiger partial charge in [0.25, 0.3) is 0 Å². The molecule has 0 aliphatic rings. The highest BCUT2D eigenvalue weighted by atomic mass is 79.9. The van der Waals surface area contributed by atoms with E-state index in [1.54, 1.807) is 13.0 Å². The van der Waals surface area contributed by atoms with Crippen LogP contribution >= 0.6 is 15.9 Å². The van der Waals surface area contributed by atoms with Gasteiger partial charge < -0.3 is 15.9 Å². The summed E-state index contributed by atoms with van der Waals surface area (Å²) in [5.74, 6) is 0.233. The first-order valence-corrected chi connectivity index (χ1v) is 5.65. The minimum atomic E-state index is -0.564. The third-order valence-corrected chi connectivity index (χ3v) is 3.49. The highest BCUT2D eigenvalue weighted by Gasteiger charge is 2.15. The normalized spacial score (nSPS) is 12.9. The number of hydrogen-bond acceptors (Lipinski definition) is 3. The Balaban J connectivity index is 3.19. The number of halogens is 1. The predicted octanol–water partition coefficient (Wildman–Crippen LogP) is 2.15. The number of aliphatic hydroxyl groups is 1. The molecule has 1 aromatic rings. The van der Waals surface area contributed by atoms with Gasteiger partial charge >= 0.3 is 0 Å². The van der Waals surface area contributed by atoms with Gasteiger partial charge in [-0.2, -0.15) is 0 Å². The van der Waals surface area contributed by atoms with Crippen molar-refractivity contribution >= 4 is 15.9 Å². The van der Waals surface area contributed by atoms with Crippen LogP contribution in [0.3, 0.4) is 0 Å². The first-order valence-electron chi connectivity index (χ1n) is 4.85. The number of aromatic hydroxyl groups is 1. The van der Waals surface area contributed by atoms with Gasteiger partial charge in [-0.3, -0.25) is 0 Å². The molecule has 4 heteroatoms. The van der Waals surface area contributed by atoms with E-state index in [0.717, 1.165) is 16.7 Å². The second-order valence-corrected chi connectivity index (χ2v) is 4.46. The van der Waals surface area contributed by atoms with Gasteiger partial charge in [-0.25, -0.2) is 0 Å². The van der Waals surface area contributed by atoms with E-state index in [1.165, 1.54) is 0 Å². The van der Waals surface area contributed by atoms with Gasteiger partial charge in [0.2, 0.25) is 0 Å². The maximum Gasteiger partial charge on any atom is 0.132 e. The molecule has 0 saturated heterocycles. The van der Waals surface area contributed by atoms with Gasteiger partial charge in [-0.15, -0.1) is 0 Å². The standard InChI is InChI=1S/C11H16BrNO2/c1-6-5-8(9(14)3-4-13)7(2)10(12)11(6)15/h5,9,14-15H,3-4,13H2,1-2H3. The zero-order valence-electron chi connectivity index (χ0n) is 8.92. The van der Waals surface area contributed by atoms with Crippen molar-refractivity contribution in [1.82, 2.24) is 0 Å². The SMILES string of the molecule is Cc1cc(C(O)CCN)c(C)c(Br)c1O. The minimum absolute atomic E-state index is 0.233. The van der Waals surface area contributed by atoms with E-state index in [2.05, 4.69) is 15.9 Å².